The zero-order valence-electron chi connectivity index (χ0n) is 9.42. The summed E-state index contributed by atoms with van der Waals surface area (Å²) in [6, 6.07) is 7.61. The molecular weight excluding hydrogens is 238 g/mol. The lowest BCUT2D eigenvalue weighted by molar-refractivity contribution is 0.146. The van der Waals surface area contributed by atoms with E-state index in [1.165, 1.54) is 0 Å². The van der Waals surface area contributed by atoms with Crippen LogP contribution in [0.1, 0.15) is 0 Å². The molecule has 1 aromatic heterocycles. The molecule has 0 spiro atoms. The molecule has 0 bridgehead atoms. The fourth-order valence-electron chi connectivity index (χ4n) is 1.41. The first-order chi connectivity index (χ1) is 8.33. The highest BCUT2D eigenvalue weighted by atomic mass is 32.1. The summed E-state index contributed by atoms with van der Waals surface area (Å²) in [6.07, 6.45) is 0. The van der Waals surface area contributed by atoms with Gasteiger partial charge in [-0.25, -0.2) is 0 Å². The molecule has 1 heterocycles. The second-order valence-electron chi connectivity index (χ2n) is 3.34. The van der Waals surface area contributed by atoms with Crippen molar-refractivity contribution in [2.45, 2.75) is 0 Å². The Balaban J connectivity index is 2.25. The molecule has 0 atom stereocenters. The van der Waals surface area contributed by atoms with Gasteiger partial charge in [-0.3, -0.25) is 0 Å². The van der Waals surface area contributed by atoms with Crippen molar-refractivity contribution in [1.82, 2.24) is 8.75 Å². The van der Waals surface area contributed by atoms with Crippen LogP contribution in [0.4, 0.5) is 5.82 Å². The van der Waals surface area contributed by atoms with E-state index in [-0.39, 0.29) is 0 Å². The third kappa shape index (κ3) is 2.72. The van der Waals surface area contributed by atoms with Crippen molar-refractivity contribution >= 4 is 17.5 Å². The van der Waals surface area contributed by atoms with Crippen LogP contribution in [-0.4, -0.2) is 29.1 Å². The summed E-state index contributed by atoms with van der Waals surface area (Å²) in [5.74, 6) is 1.17. The highest BCUT2D eigenvalue weighted by molar-refractivity contribution is 6.99. The van der Waals surface area contributed by atoms with E-state index in [0.717, 1.165) is 23.0 Å². The number of nitrogens with zero attached hydrogens (tertiary/aromatic N) is 2. The lowest BCUT2D eigenvalue weighted by Gasteiger charge is -2.09. The number of anilines is 1. The van der Waals surface area contributed by atoms with E-state index in [9.17, 15) is 0 Å². The van der Waals surface area contributed by atoms with Crippen molar-refractivity contribution in [2.75, 3.05) is 26.1 Å². The Bertz CT molecular complexity index is 487. The molecule has 2 rings (SSSR count). The van der Waals surface area contributed by atoms with Crippen LogP contribution in [0.3, 0.4) is 0 Å². The number of hydrogen-bond acceptors (Lipinski definition) is 6. The maximum absolute atomic E-state index is 5.75. The number of methoxy groups -OCH3 is 1. The molecule has 0 aliphatic carbocycles. The van der Waals surface area contributed by atoms with Crippen LogP contribution >= 0.6 is 11.7 Å². The molecule has 0 saturated carbocycles. The smallest absolute Gasteiger partial charge is 0.165 e. The molecule has 0 fully saturated rings. The van der Waals surface area contributed by atoms with Gasteiger partial charge in [-0.1, -0.05) is 12.1 Å². The number of nitrogens with two attached hydrogens (primary N) is 1. The molecule has 6 heteroatoms. The van der Waals surface area contributed by atoms with E-state index in [2.05, 4.69) is 8.75 Å². The van der Waals surface area contributed by atoms with Crippen LogP contribution in [0.2, 0.25) is 0 Å². The minimum Gasteiger partial charge on any atom is -0.490 e. The maximum Gasteiger partial charge on any atom is 0.165 e. The van der Waals surface area contributed by atoms with Crippen molar-refractivity contribution in [1.29, 1.82) is 0 Å². The van der Waals surface area contributed by atoms with Crippen LogP contribution in [0.25, 0.3) is 11.3 Å². The largest absolute Gasteiger partial charge is 0.490 e. The molecule has 5 nitrogen and oxygen atoms in total. The summed E-state index contributed by atoms with van der Waals surface area (Å²) in [5, 5.41) is 0. The number of nitrogen functional groups attached to an aromatic ring is 1. The van der Waals surface area contributed by atoms with E-state index in [0.29, 0.717) is 24.7 Å². The fraction of sp³-hybridized carbons (Fsp3) is 0.273. The topological polar surface area (TPSA) is 70.3 Å². The van der Waals surface area contributed by atoms with E-state index < -0.39 is 0 Å². The van der Waals surface area contributed by atoms with Gasteiger partial charge in [0.2, 0.25) is 0 Å². The van der Waals surface area contributed by atoms with Crippen LogP contribution in [0.5, 0.6) is 5.75 Å². The van der Waals surface area contributed by atoms with E-state index in [4.69, 9.17) is 15.2 Å². The summed E-state index contributed by atoms with van der Waals surface area (Å²) < 4.78 is 18.7. The van der Waals surface area contributed by atoms with Gasteiger partial charge in [-0.15, -0.1) is 0 Å². The van der Waals surface area contributed by atoms with Crippen molar-refractivity contribution < 1.29 is 9.47 Å². The van der Waals surface area contributed by atoms with Crippen molar-refractivity contribution in [3.63, 3.8) is 0 Å². The predicted octanol–water partition coefficient (Wildman–Crippen LogP) is 1.81. The zero-order valence-corrected chi connectivity index (χ0v) is 10.2. The minimum absolute atomic E-state index is 0.429. The Kier molecular flexibility index (Phi) is 3.89. The molecule has 2 aromatic rings. The number of benzene rings is 1. The van der Waals surface area contributed by atoms with Gasteiger partial charge < -0.3 is 15.2 Å². The SMILES string of the molecule is COCCOc1ccccc1-c1nsnc1N. The number of ether oxygens (including phenoxy) is 2. The van der Waals surface area contributed by atoms with Gasteiger partial charge in [0, 0.05) is 12.7 Å². The standard InChI is InChI=1S/C11H13N3O2S/c1-15-6-7-16-9-5-3-2-4-8(9)10-11(12)14-17-13-10/h2-5H,6-7H2,1H3,(H2,12,14). The van der Waals surface area contributed by atoms with Crippen LogP contribution < -0.4 is 10.5 Å². The molecule has 0 aliphatic heterocycles. The number of rotatable bonds is 5. The molecule has 0 radical (unpaired) electrons. The van der Waals surface area contributed by atoms with E-state index >= 15 is 0 Å². The number of para-hydroxylation sites is 1. The molecule has 0 aliphatic rings. The Morgan fingerprint density at radius 3 is 2.76 bits per heavy atom. The van der Waals surface area contributed by atoms with Gasteiger partial charge in [-0.05, 0) is 12.1 Å². The second-order valence-corrected chi connectivity index (χ2v) is 3.86. The van der Waals surface area contributed by atoms with Gasteiger partial charge in [-0.2, -0.15) is 8.75 Å². The molecule has 0 saturated heterocycles. The molecule has 90 valence electrons. The van der Waals surface area contributed by atoms with Crippen molar-refractivity contribution in [3.8, 4) is 17.0 Å². The van der Waals surface area contributed by atoms with Gasteiger partial charge in [0.15, 0.2) is 5.82 Å². The molecule has 1 aromatic carbocycles. The average molecular weight is 251 g/mol. The van der Waals surface area contributed by atoms with Crippen molar-refractivity contribution in [3.05, 3.63) is 24.3 Å². The van der Waals surface area contributed by atoms with E-state index in [1.54, 1.807) is 7.11 Å². The Morgan fingerprint density at radius 2 is 2.06 bits per heavy atom. The first-order valence-corrected chi connectivity index (χ1v) is 5.85. The van der Waals surface area contributed by atoms with Gasteiger partial charge in [0.25, 0.3) is 0 Å². The Morgan fingerprint density at radius 1 is 1.24 bits per heavy atom. The molecule has 0 unspecified atom stereocenters. The molecule has 2 N–H and O–H groups in total. The Labute approximate surface area is 104 Å². The van der Waals surface area contributed by atoms with Crippen LogP contribution in [-0.2, 0) is 4.74 Å². The van der Waals surface area contributed by atoms with Crippen LogP contribution in [0, 0.1) is 0 Å². The quantitative estimate of drug-likeness (QED) is 0.821. The van der Waals surface area contributed by atoms with Gasteiger partial charge in [0.1, 0.15) is 18.1 Å². The van der Waals surface area contributed by atoms with Crippen molar-refractivity contribution in [2.24, 2.45) is 0 Å². The zero-order chi connectivity index (χ0) is 12.1. The Hall–Kier alpha value is -1.66. The molecule has 0 amide bonds. The summed E-state index contributed by atoms with van der Waals surface area (Å²) in [6.45, 7) is 1.03. The van der Waals surface area contributed by atoms with Gasteiger partial charge in [0.05, 0.1) is 18.3 Å². The second kappa shape index (κ2) is 5.60. The van der Waals surface area contributed by atoms with E-state index in [1.807, 2.05) is 24.3 Å². The first kappa shape index (κ1) is 11.8. The third-order valence-corrected chi connectivity index (χ3v) is 2.74. The summed E-state index contributed by atoms with van der Waals surface area (Å²) in [4.78, 5) is 0. The van der Waals surface area contributed by atoms with Crippen LogP contribution in [0.15, 0.2) is 24.3 Å². The predicted molar refractivity (Wildman–Crippen MR) is 67.1 cm³/mol. The maximum atomic E-state index is 5.75. The fourth-order valence-corrected chi connectivity index (χ4v) is 1.89. The first-order valence-electron chi connectivity index (χ1n) is 5.12. The highest BCUT2D eigenvalue weighted by Crippen LogP contribution is 2.31. The third-order valence-electron chi connectivity index (χ3n) is 2.20. The molecular formula is C11H13N3O2S. The monoisotopic (exact) mass is 251 g/mol. The summed E-state index contributed by atoms with van der Waals surface area (Å²) in [5.41, 5.74) is 7.28. The summed E-state index contributed by atoms with van der Waals surface area (Å²) in [7, 11) is 1.64. The molecule has 17 heavy (non-hydrogen) atoms. The number of hydrogen-bond donors (Lipinski definition) is 1. The number of aromatic nitrogens is 2. The highest BCUT2D eigenvalue weighted by Gasteiger charge is 2.12. The lowest BCUT2D eigenvalue weighted by atomic mass is 10.1. The normalized spacial score (nSPS) is 10.4. The lowest BCUT2D eigenvalue weighted by Crippen LogP contribution is -2.05. The average Bonchev–Trinajstić information content (AvgIpc) is 2.76. The minimum atomic E-state index is 0.429. The summed E-state index contributed by atoms with van der Waals surface area (Å²) >= 11 is 1.09. The van der Waals surface area contributed by atoms with Gasteiger partial charge >= 0.3 is 0 Å².